The number of rotatable bonds is 6. The zero-order valence-electron chi connectivity index (χ0n) is 16.0. The Labute approximate surface area is 174 Å². The van der Waals surface area contributed by atoms with E-state index in [9.17, 15) is 31.9 Å². The van der Waals surface area contributed by atoms with Crippen LogP contribution in [0.15, 0.2) is 42.5 Å². The molecular weight excluding hydrogens is 422 g/mol. The number of benzene rings is 2. The number of halogens is 4. The lowest BCUT2D eigenvalue weighted by Crippen LogP contribution is -2.28. The van der Waals surface area contributed by atoms with Crippen molar-refractivity contribution in [2.45, 2.75) is 12.6 Å². The van der Waals surface area contributed by atoms with Gasteiger partial charge in [0.05, 0.1) is 23.4 Å². The van der Waals surface area contributed by atoms with Crippen LogP contribution in [0.5, 0.6) is 0 Å². The van der Waals surface area contributed by atoms with Crippen molar-refractivity contribution in [1.29, 1.82) is 0 Å². The van der Waals surface area contributed by atoms with Crippen molar-refractivity contribution in [2.75, 3.05) is 30.3 Å². The summed E-state index contributed by atoms with van der Waals surface area (Å²) in [7, 11) is 0. The van der Waals surface area contributed by atoms with Crippen LogP contribution in [-0.4, -0.2) is 42.5 Å². The molecule has 3 rings (SSSR count). The van der Waals surface area contributed by atoms with E-state index in [1.165, 1.54) is 23.1 Å². The molecule has 0 aromatic heterocycles. The van der Waals surface area contributed by atoms with Gasteiger partial charge in [-0.3, -0.25) is 9.59 Å². The number of cyclic esters (lactones) is 1. The molecule has 2 aromatic rings. The van der Waals surface area contributed by atoms with E-state index in [-0.39, 0.29) is 30.8 Å². The Bertz CT molecular complexity index is 1010. The number of alkyl halides is 3. The molecular formula is C20H17F4N3O4. The Morgan fingerprint density at radius 3 is 2.48 bits per heavy atom. The molecule has 11 heteroatoms. The maximum Gasteiger partial charge on any atom is 0.418 e. The van der Waals surface area contributed by atoms with Gasteiger partial charge in [0.25, 0.3) is 5.91 Å². The summed E-state index contributed by atoms with van der Waals surface area (Å²) in [4.78, 5) is 36.8. The second kappa shape index (κ2) is 9.02. The van der Waals surface area contributed by atoms with Crippen LogP contribution < -0.4 is 10.6 Å². The van der Waals surface area contributed by atoms with Gasteiger partial charge in [-0.05, 0) is 30.3 Å². The minimum absolute atomic E-state index is 0.00278. The molecule has 0 spiro atoms. The molecule has 0 radical (unpaired) electrons. The van der Waals surface area contributed by atoms with Crippen LogP contribution in [-0.2, 0) is 15.7 Å². The number of amides is 3. The second-order valence-corrected chi connectivity index (χ2v) is 6.59. The number of nitrogens with one attached hydrogen (secondary N) is 2. The smallest absolute Gasteiger partial charge is 0.418 e. The van der Waals surface area contributed by atoms with E-state index in [4.69, 9.17) is 4.74 Å². The molecule has 1 fully saturated rings. The first-order valence-corrected chi connectivity index (χ1v) is 9.14. The highest BCUT2D eigenvalue weighted by Crippen LogP contribution is 2.36. The van der Waals surface area contributed by atoms with E-state index in [2.05, 4.69) is 10.6 Å². The third kappa shape index (κ3) is 5.50. The van der Waals surface area contributed by atoms with Gasteiger partial charge in [0.1, 0.15) is 12.4 Å². The molecule has 1 aliphatic rings. The van der Waals surface area contributed by atoms with Gasteiger partial charge in [0.15, 0.2) is 0 Å². The minimum Gasteiger partial charge on any atom is -0.448 e. The Balaban J connectivity index is 1.72. The molecule has 31 heavy (non-hydrogen) atoms. The van der Waals surface area contributed by atoms with Crippen LogP contribution in [0.1, 0.15) is 22.3 Å². The van der Waals surface area contributed by atoms with Crippen LogP contribution in [0.4, 0.5) is 33.7 Å². The predicted molar refractivity (Wildman–Crippen MR) is 102 cm³/mol. The average molecular weight is 439 g/mol. The Morgan fingerprint density at radius 2 is 1.84 bits per heavy atom. The van der Waals surface area contributed by atoms with Crippen molar-refractivity contribution in [2.24, 2.45) is 0 Å². The van der Waals surface area contributed by atoms with Crippen LogP contribution in [0.3, 0.4) is 0 Å². The first kappa shape index (κ1) is 22.1. The zero-order valence-corrected chi connectivity index (χ0v) is 16.0. The highest BCUT2D eigenvalue weighted by molar-refractivity contribution is 6.04. The third-order valence-electron chi connectivity index (χ3n) is 4.43. The molecule has 0 aliphatic carbocycles. The molecule has 164 valence electrons. The summed E-state index contributed by atoms with van der Waals surface area (Å²) >= 11 is 0. The van der Waals surface area contributed by atoms with Gasteiger partial charge >= 0.3 is 12.3 Å². The lowest BCUT2D eigenvalue weighted by molar-refractivity contribution is -0.136. The van der Waals surface area contributed by atoms with Crippen molar-refractivity contribution >= 4 is 29.3 Å². The Morgan fingerprint density at radius 1 is 1.10 bits per heavy atom. The summed E-state index contributed by atoms with van der Waals surface area (Å²) in [5.41, 5.74) is -2.24. The van der Waals surface area contributed by atoms with Crippen molar-refractivity contribution < 1.29 is 36.7 Å². The third-order valence-corrected chi connectivity index (χ3v) is 4.43. The molecule has 7 nitrogen and oxygen atoms in total. The lowest BCUT2D eigenvalue weighted by Gasteiger charge is -2.17. The van der Waals surface area contributed by atoms with E-state index in [0.29, 0.717) is 12.6 Å². The van der Waals surface area contributed by atoms with Gasteiger partial charge in [-0.1, -0.05) is 12.1 Å². The van der Waals surface area contributed by atoms with Crippen molar-refractivity contribution in [3.8, 4) is 0 Å². The summed E-state index contributed by atoms with van der Waals surface area (Å²) in [6.07, 6.45) is -5.64. The quantitative estimate of drug-likeness (QED) is 0.669. The maximum absolute atomic E-state index is 13.7. The van der Waals surface area contributed by atoms with Crippen LogP contribution in [0, 0.1) is 5.82 Å². The normalized spacial score (nSPS) is 13.7. The van der Waals surface area contributed by atoms with E-state index < -0.39 is 41.2 Å². The van der Waals surface area contributed by atoms with Gasteiger partial charge in [-0.25, -0.2) is 9.18 Å². The minimum atomic E-state index is -4.83. The fourth-order valence-corrected chi connectivity index (χ4v) is 2.89. The monoisotopic (exact) mass is 439 g/mol. The van der Waals surface area contributed by atoms with E-state index in [0.717, 1.165) is 18.2 Å². The predicted octanol–water partition coefficient (Wildman–Crippen LogP) is 3.88. The number of hydrogen-bond acceptors (Lipinski definition) is 4. The molecule has 1 heterocycles. The molecule has 3 amide bonds. The van der Waals surface area contributed by atoms with Gasteiger partial charge in [0.2, 0.25) is 5.91 Å². The summed E-state index contributed by atoms with van der Waals surface area (Å²) in [6, 6.07) is 7.82. The second-order valence-electron chi connectivity index (χ2n) is 6.59. The first-order valence-electron chi connectivity index (χ1n) is 9.14. The molecule has 0 saturated carbocycles. The highest BCUT2D eigenvalue weighted by Gasteiger charge is 2.34. The van der Waals surface area contributed by atoms with Crippen LogP contribution in [0.25, 0.3) is 0 Å². The number of nitrogens with zero attached hydrogens (tertiary/aromatic N) is 1. The zero-order chi connectivity index (χ0) is 22.6. The largest absolute Gasteiger partial charge is 0.448 e. The highest BCUT2D eigenvalue weighted by atomic mass is 19.4. The molecule has 0 atom stereocenters. The number of carbonyl (C=O) groups excluding carboxylic acids is 3. The van der Waals surface area contributed by atoms with Crippen LogP contribution in [0.2, 0.25) is 0 Å². The van der Waals surface area contributed by atoms with E-state index >= 15 is 0 Å². The van der Waals surface area contributed by atoms with Gasteiger partial charge in [-0.15, -0.1) is 0 Å². The van der Waals surface area contributed by atoms with Crippen molar-refractivity contribution in [1.82, 2.24) is 4.90 Å². The summed E-state index contributed by atoms with van der Waals surface area (Å²) in [6.45, 7) is 0.498. The number of ether oxygens (including phenoxy) is 1. The fraction of sp³-hybridized carbons (Fsp3) is 0.250. The van der Waals surface area contributed by atoms with Gasteiger partial charge in [-0.2, -0.15) is 13.2 Å². The molecule has 1 aliphatic heterocycles. The molecule has 2 N–H and O–H groups in total. The summed E-state index contributed by atoms with van der Waals surface area (Å²) in [5, 5.41) is 4.38. The summed E-state index contributed by atoms with van der Waals surface area (Å²) in [5.74, 6) is -2.46. The molecule has 0 bridgehead atoms. The SMILES string of the molecule is O=C(CCN1CCOC1=O)Nc1ccc(NC(=O)c2ccccc2F)cc1C(F)(F)F. The maximum atomic E-state index is 13.7. The topological polar surface area (TPSA) is 87.7 Å². The summed E-state index contributed by atoms with van der Waals surface area (Å²) < 4.78 is 58.9. The van der Waals surface area contributed by atoms with Gasteiger partial charge in [0, 0.05) is 18.7 Å². The number of hydrogen-bond donors (Lipinski definition) is 2. The standard InChI is InChI=1S/C20H17F4N3O4/c21-15-4-2-1-3-13(15)18(29)25-12-5-6-16(14(11-12)20(22,23)24)26-17(28)7-8-27-9-10-31-19(27)30/h1-6,11H,7-10H2,(H,25,29)(H,26,28). The fourth-order valence-electron chi connectivity index (χ4n) is 2.89. The van der Waals surface area contributed by atoms with Crippen molar-refractivity contribution in [3.05, 3.63) is 59.4 Å². The Kier molecular flexibility index (Phi) is 6.42. The number of carbonyl (C=O) groups is 3. The lowest BCUT2D eigenvalue weighted by atomic mass is 10.1. The number of anilines is 2. The molecule has 1 saturated heterocycles. The van der Waals surface area contributed by atoms with E-state index in [1.54, 1.807) is 0 Å². The van der Waals surface area contributed by atoms with E-state index in [1.807, 2.05) is 0 Å². The average Bonchev–Trinajstić information content (AvgIpc) is 3.12. The van der Waals surface area contributed by atoms with Crippen LogP contribution >= 0.6 is 0 Å². The van der Waals surface area contributed by atoms with Crippen molar-refractivity contribution in [3.63, 3.8) is 0 Å². The molecule has 0 unspecified atom stereocenters. The molecule has 2 aromatic carbocycles. The van der Waals surface area contributed by atoms with Gasteiger partial charge < -0.3 is 20.3 Å². The first-order chi connectivity index (χ1) is 14.6. The Hall–Kier alpha value is -3.63.